The van der Waals surface area contributed by atoms with E-state index in [-0.39, 0.29) is 0 Å². The Morgan fingerprint density at radius 1 is 1.17 bits per heavy atom. The molecule has 0 fully saturated rings. The maximum atomic E-state index is 5.85. The molecule has 0 bridgehead atoms. The first kappa shape index (κ1) is 10.8. The predicted octanol–water partition coefficient (Wildman–Crippen LogP) is 2.53. The van der Waals surface area contributed by atoms with Gasteiger partial charge in [0.05, 0.1) is 6.20 Å². The van der Waals surface area contributed by atoms with Gasteiger partial charge in [-0.15, -0.1) is 0 Å². The van der Waals surface area contributed by atoms with Crippen molar-refractivity contribution in [2.24, 2.45) is 7.05 Å². The Hall–Kier alpha value is -2.36. The monoisotopic (exact) mass is 238 g/mol. The maximum Gasteiger partial charge on any atom is 0.126 e. The fourth-order valence-corrected chi connectivity index (χ4v) is 2.12. The maximum absolute atomic E-state index is 5.85. The third kappa shape index (κ3) is 1.62. The van der Waals surface area contributed by atoms with Crippen molar-refractivity contribution in [2.75, 3.05) is 5.73 Å². The van der Waals surface area contributed by atoms with E-state index >= 15 is 0 Å². The van der Waals surface area contributed by atoms with Crippen molar-refractivity contribution >= 4 is 16.6 Å². The molecule has 0 radical (unpaired) electrons. The summed E-state index contributed by atoms with van der Waals surface area (Å²) >= 11 is 0. The molecule has 90 valence electrons. The van der Waals surface area contributed by atoms with Gasteiger partial charge in [0, 0.05) is 30.4 Å². The van der Waals surface area contributed by atoms with Crippen molar-refractivity contribution in [3.8, 4) is 11.1 Å². The lowest BCUT2D eigenvalue weighted by molar-refractivity contribution is 0.768. The van der Waals surface area contributed by atoms with Crippen molar-refractivity contribution in [1.82, 2.24) is 14.8 Å². The summed E-state index contributed by atoms with van der Waals surface area (Å²) in [6.07, 6.45) is 5.67. The fourth-order valence-electron chi connectivity index (χ4n) is 2.12. The number of fused-ring (bicyclic) bond motifs is 1. The number of aryl methyl sites for hydroxylation is 2. The molecule has 0 saturated heterocycles. The Morgan fingerprint density at radius 3 is 2.72 bits per heavy atom. The number of pyridine rings is 1. The van der Waals surface area contributed by atoms with E-state index in [0.717, 1.165) is 27.5 Å². The molecule has 4 heteroatoms. The molecular formula is C14H14N4. The van der Waals surface area contributed by atoms with Crippen LogP contribution in [0.4, 0.5) is 5.82 Å². The largest absolute Gasteiger partial charge is 0.383 e. The lowest BCUT2D eigenvalue weighted by atomic mass is 10.0. The molecule has 0 atom stereocenters. The summed E-state index contributed by atoms with van der Waals surface area (Å²) in [5.41, 5.74) is 9.13. The van der Waals surface area contributed by atoms with Crippen molar-refractivity contribution in [3.63, 3.8) is 0 Å². The first-order valence-corrected chi connectivity index (χ1v) is 5.79. The first-order valence-electron chi connectivity index (χ1n) is 5.79. The van der Waals surface area contributed by atoms with Gasteiger partial charge >= 0.3 is 0 Å². The molecule has 2 aromatic heterocycles. The van der Waals surface area contributed by atoms with Gasteiger partial charge < -0.3 is 5.73 Å². The Kier molecular flexibility index (Phi) is 2.30. The third-order valence-corrected chi connectivity index (χ3v) is 3.22. The molecule has 0 aliphatic rings. The number of hydrogen-bond acceptors (Lipinski definition) is 3. The molecule has 18 heavy (non-hydrogen) atoms. The number of anilines is 1. The lowest BCUT2D eigenvalue weighted by Gasteiger charge is -2.06. The summed E-state index contributed by atoms with van der Waals surface area (Å²) in [6, 6.07) is 6.29. The summed E-state index contributed by atoms with van der Waals surface area (Å²) in [7, 11) is 1.91. The van der Waals surface area contributed by atoms with Gasteiger partial charge in [0.25, 0.3) is 0 Å². The second kappa shape index (κ2) is 3.84. The van der Waals surface area contributed by atoms with Gasteiger partial charge in [0.15, 0.2) is 0 Å². The van der Waals surface area contributed by atoms with Crippen LogP contribution in [0.1, 0.15) is 5.56 Å². The zero-order valence-electron chi connectivity index (χ0n) is 10.4. The molecule has 0 saturated carbocycles. The molecule has 0 aliphatic carbocycles. The normalized spacial score (nSPS) is 11.0. The Morgan fingerprint density at radius 2 is 2.00 bits per heavy atom. The zero-order valence-corrected chi connectivity index (χ0v) is 10.4. The van der Waals surface area contributed by atoms with Crippen LogP contribution in [0.3, 0.4) is 0 Å². The summed E-state index contributed by atoms with van der Waals surface area (Å²) in [4.78, 5) is 4.17. The van der Waals surface area contributed by atoms with Crippen LogP contribution < -0.4 is 5.73 Å². The molecule has 2 heterocycles. The van der Waals surface area contributed by atoms with Gasteiger partial charge in [-0.2, -0.15) is 5.10 Å². The predicted molar refractivity (Wildman–Crippen MR) is 73.1 cm³/mol. The van der Waals surface area contributed by atoms with Crippen LogP contribution in [0.2, 0.25) is 0 Å². The quantitative estimate of drug-likeness (QED) is 0.708. The smallest absolute Gasteiger partial charge is 0.126 e. The molecule has 0 unspecified atom stereocenters. The zero-order chi connectivity index (χ0) is 12.7. The number of benzene rings is 1. The van der Waals surface area contributed by atoms with Gasteiger partial charge in [-0.3, -0.25) is 4.68 Å². The van der Waals surface area contributed by atoms with Gasteiger partial charge in [-0.05, 0) is 29.5 Å². The molecule has 0 spiro atoms. The highest BCUT2D eigenvalue weighted by Gasteiger charge is 2.05. The standard InChI is InChI=1S/C14H14N4/c1-9-13-5-10(12-7-17-18(2)8-12)3-4-11(13)6-16-14(9)15/h3-8H,1-2H3,(H2,15,16). The molecule has 3 rings (SSSR count). The van der Waals surface area contributed by atoms with E-state index in [1.165, 1.54) is 0 Å². The average Bonchev–Trinajstić information content (AvgIpc) is 2.80. The van der Waals surface area contributed by atoms with Crippen LogP contribution in [-0.4, -0.2) is 14.8 Å². The molecular weight excluding hydrogens is 224 g/mol. The van der Waals surface area contributed by atoms with Crippen LogP contribution >= 0.6 is 0 Å². The van der Waals surface area contributed by atoms with E-state index in [1.54, 1.807) is 4.68 Å². The van der Waals surface area contributed by atoms with Crippen molar-refractivity contribution in [2.45, 2.75) is 6.92 Å². The van der Waals surface area contributed by atoms with E-state index in [9.17, 15) is 0 Å². The minimum absolute atomic E-state index is 0.589. The minimum atomic E-state index is 0.589. The summed E-state index contributed by atoms with van der Waals surface area (Å²) in [5.74, 6) is 0.589. The van der Waals surface area contributed by atoms with Crippen molar-refractivity contribution in [1.29, 1.82) is 0 Å². The summed E-state index contributed by atoms with van der Waals surface area (Å²) in [6.45, 7) is 2.00. The Labute approximate surface area is 105 Å². The Balaban J connectivity index is 2.24. The molecule has 3 aromatic rings. The van der Waals surface area contributed by atoms with Crippen LogP contribution in [0.5, 0.6) is 0 Å². The third-order valence-electron chi connectivity index (χ3n) is 3.22. The van der Waals surface area contributed by atoms with Gasteiger partial charge in [0.1, 0.15) is 5.82 Å². The molecule has 2 N–H and O–H groups in total. The molecule has 4 nitrogen and oxygen atoms in total. The van der Waals surface area contributed by atoms with Crippen LogP contribution in [0.25, 0.3) is 21.9 Å². The number of nitrogens with zero attached hydrogens (tertiary/aromatic N) is 3. The van der Waals surface area contributed by atoms with Crippen LogP contribution in [0, 0.1) is 6.92 Å². The van der Waals surface area contributed by atoms with E-state index < -0.39 is 0 Å². The van der Waals surface area contributed by atoms with Crippen molar-refractivity contribution in [3.05, 3.63) is 42.4 Å². The number of rotatable bonds is 1. The second-order valence-electron chi connectivity index (χ2n) is 4.47. The van der Waals surface area contributed by atoms with Gasteiger partial charge in [-0.1, -0.05) is 12.1 Å². The number of nitrogen functional groups attached to an aromatic ring is 1. The molecule has 0 aliphatic heterocycles. The van der Waals surface area contributed by atoms with E-state index in [2.05, 4.69) is 28.3 Å². The SMILES string of the molecule is Cc1c(N)ncc2ccc(-c3cnn(C)c3)cc12. The van der Waals surface area contributed by atoms with E-state index in [0.29, 0.717) is 5.82 Å². The fraction of sp³-hybridized carbons (Fsp3) is 0.143. The summed E-state index contributed by atoms with van der Waals surface area (Å²) < 4.78 is 1.80. The highest BCUT2D eigenvalue weighted by atomic mass is 15.2. The van der Waals surface area contributed by atoms with Gasteiger partial charge in [0.2, 0.25) is 0 Å². The van der Waals surface area contributed by atoms with Gasteiger partial charge in [-0.25, -0.2) is 4.98 Å². The summed E-state index contributed by atoms with van der Waals surface area (Å²) in [5, 5.41) is 6.44. The first-order chi connectivity index (χ1) is 8.65. The average molecular weight is 238 g/mol. The van der Waals surface area contributed by atoms with Crippen LogP contribution in [0.15, 0.2) is 36.8 Å². The van der Waals surface area contributed by atoms with Crippen molar-refractivity contribution < 1.29 is 0 Å². The molecule has 0 amide bonds. The highest BCUT2D eigenvalue weighted by molar-refractivity contribution is 5.91. The number of aromatic nitrogens is 3. The number of hydrogen-bond donors (Lipinski definition) is 1. The topological polar surface area (TPSA) is 56.7 Å². The van der Waals surface area contributed by atoms with Crippen LogP contribution in [-0.2, 0) is 7.05 Å². The number of nitrogens with two attached hydrogens (primary N) is 1. The van der Waals surface area contributed by atoms with E-state index in [1.807, 2.05) is 32.6 Å². The minimum Gasteiger partial charge on any atom is -0.383 e. The van der Waals surface area contributed by atoms with E-state index in [4.69, 9.17) is 5.73 Å². The molecule has 1 aromatic carbocycles. The highest BCUT2D eigenvalue weighted by Crippen LogP contribution is 2.27. The Bertz CT molecular complexity index is 728. The lowest BCUT2D eigenvalue weighted by Crippen LogP contribution is -1.94. The second-order valence-corrected chi connectivity index (χ2v) is 4.47.